The molecule has 0 radical (unpaired) electrons. The average molecular weight is 444 g/mol. The fraction of sp³-hybridized carbons (Fsp3) is 0.636. The Kier molecular flexibility index (Phi) is 7.02. The first-order valence-corrected chi connectivity index (χ1v) is 12.2. The van der Waals surface area contributed by atoms with Gasteiger partial charge in [0.15, 0.2) is 0 Å². The number of carbonyl (C=O) groups is 1. The van der Waals surface area contributed by atoms with Crippen LogP contribution in [0.5, 0.6) is 0 Å². The summed E-state index contributed by atoms with van der Waals surface area (Å²) in [5.41, 5.74) is 2.13. The zero-order valence-corrected chi connectivity index (χ0v) is 19.6. The van der Waals surface area contributed by atoms with Crippen LogP contribution in [0.25, 0.3) is 0 Å². The molecule has 0 bridgehead atoms. The highest BCUT2D eigenvalue weighted by Gasteiger charge is 2.27. The number of anilines is 1. The monoisotopic (exact) mass is 443 g/mol. The van der Waals surface area contributed by atoms with Crippen LogP contribution in [0.2, 0.25) is 0 Å². The summed E-state index contributed by atoms with van der Waals surface area (Å²) in [6, 6.07) is 2.24. The van der Waals surface area contributed by atoms with E-state index in [0.29, 0.717) is 0 Å². The number of urea groups is 1. The zero-order valence-electron chi connectivity index (χ0n) is 18.8. The lowest BCUT2D eigenvalue weighted by atomic mass is 10.1. The van der Waals surface area contributed by atoms with Crippen molar-refractivity contribution in [1.29, 1.82) is 0 Å². The van der Waals surface area contributed by atoms with Crippen molar-refractivity contribution in [3.05, 3.63) is 33.7 Å². The fourth-order valence-corrected chi connectivity index (χ4v) is 5.09. The molecule has 31 heavy (non-hydrogen) atoms. The Bertz CT molecular complexity index is 873. The number of nitrogens with one attached hydrogen (secondary N) is 1. The van der Waals surface area contributed by atoms with E-state index in [1.54, 1.807) is 11.3 Å². The van der Waals surface area contributed by atoms with Crippen molar-refractivity contribution < 1.29 is 4.79 Å². The molecular weight excluding hydrogens is 410 g/mol. The summed E-state index contributed by atoms with van der Waals surface area (Å²) in [7, 11) is 0. The van der Waals surface area contributed by atoms with Gasteiger partial charge in [-0.05, 0) is 33.1 Å². The quantitative estimate of drug-likeness (QED) is 0.765. The van der Waals surface area contributed by atoms with Crippen LogP contribution < -0.4 is 10.2 Å². The van der Waals surface area contributed by atoms with Gasteiger partial charge in [-0.2, -0.15) is 0 Å². The maximum absolute atomic E-state index is 12.9. The van der Waals surface area contributed by atoms with Crippen molar-refractivity contribution in [1.82, 2.24) is 30.1 Å². The van der Waals surface area contributed by atoms with E-state index in [-0.39, 0.29) is 12.1 Å². The topological polar surface area (TPSA) is 77.5 Å². The molecule has 168 valence electrons. The molecule has 8 nitrogen and oxygen atoms in total. The highest BCUT2D eigenvalue weighted by atomic mass is 32.1. The predicted octanol–water partition coefficient (Wildman–Crippen LogP) is 2.61. The number of piperidine rings is 1. The number of nitrogens with zero attached hydrogens (tertiary/aromatic N) is 6. The molecule has 4 rings (SSSR count). The van der Waals surface area contributed by atoms with Crippen LogP contribution in [0.15, 0.2) is 11.4 Å². The molecule has 0 saturated carbocycles. The largest absolute Gasteiger partial charge is 0.354 e. The molecule has 9 heteroatoms. The molecule has 4 heterocycles. The van der Waals surface area contributed by atoms with Gasteiger partial charge in [-0.1, -0.05) is 6.92 Å². The van der Waals surface area contributed by atoms with Gasteiger partial charge in [-0.25, -0.2) is 19.7 Å². The van der Waals surface area contributed by atoms with Gasteiger partial charge in [0.25, 0.3) is 0 Å². The third kappa shape index (κ3) is 5.71. The lowest BCUT2D eigenvalue weighted by Gasteiger charge is -2.37. The average Bonchev–Trinajstić information content (AvgIpc) is 3.21. The first-order chi connectivity index (χ1) is 15.0. The molecule has 2 saturated heterocycles. The van der Waals surface area contributed by atoms with Crippen LogP contribution in [0.1, 0.15) is 42.0 Å². The predicted molar refractivity (Wildman–Crippen MR) is 124 cm³/mol. The molecule has 0 aromatic carbocycles. The van der Waals surface area contributed by atoms with Gasteiger partial charge in [0.1, 0.15) is 11.6 Å². The molecule has 1 atom stereocenters. The summed E-state index contributed by atoms with van der Waals surface area (Å²) >= 11 is 1.74. The second kappa shape index (κ2) is 9.91. The van der Waals surface area contributed by atoms with Gasteiger partial charge in [0.05, 0.1) is 10.7 Å². The Morgan fingerprint density at radius 3 is 2.68 bits per heavy atom. The highest BCUT2D eigenvalue weighted by molar-refractivity contribution is 7.09. The van der Waals surface area contributed by atoms with Crippen LogP contribution in [0.3, 0.4) is 0 Å². The molecule has 1 N–H and O–H groups in total. The number of thiazole rings is 1. The molecule has 2 fully saturated rings. The second-order valence-electron chi connectivity index (χ2n) is 8.50. The minimum atomic E-state index is 0.0588. The van der Waals surface area contributed by atoms with E-state index in [1.807, 2.05) is 24.8 Å². The van der Waals surface area contributed by atoms with Crippen molar-refractivity contribution >= 4 is 23.2 Å². The molecule has 2 amide bonds. The molecule has 2 aliphatic rings. The number of carbonyl (C=O) groups excluding carboxylic acids is 1. The van der Waals surface area contributed by atoms with Gasteiger partial charge in [-0.3, -0.25) is 4.90 Å². The highest BCUT2D eigenvalue weighted by Crippen LogP contribution is 2.19. The number of aryl methyl sites for hydroxylation is 3. The van der Waals surface area contributed by atoms with E-state index in [9.17, 15) is 4.79 Å². The number of hydrogen-bond acceptors (Lipinski definition) is 7. The van der Waals surface area contributed by atoms with Gasteiger partial charge >= 0.3 is 6.03 Å². The fourth-order valence-electron chi connectivity index (χ4n) is 4.35. The Morgan fingerprint density at radius 1 is 1.16 bits per heavy atom. The van der Waals surface area contributed by atoms with E-state index in [1.165, 1.54) is 5.01 Å². The van der Waals surface area contributed by atoms with Crippen LogP contribution in [-0.2, 0) is 13.0 Å². The SMILES string of the molecule is CCc1nc(CN2CCN(C(=O)NC3CCCN(c4cc(C)nc(C)n4)C3)CC2)cs1. The molecule has 2 aliphatic heterocycles. The molecular formula is C22H33N7OS. The Balaban J connectivity index is 1.25. The summed E-state index contributed by atoms with van der Waals surface area (Å²) in [5, 5.41) is 6.62. The molecule has 1 unspecified atom stereocenters. The summed E-state index contributed by atoms with van der Waals surface area (Å²) in [6.45, 7) is 12.0. The Labute approximate surface area is 188 Å². The normalized spacial score (nSPS) is 20.2. The van der Waals surface area contributed by atoms with Crippen LogP contribution in [0, 0.1) is 13.8 Å². The standard InChI is InChI=1S/C22H33N7OS/c1-4-21-25-19(15-31-21)13-27-8-10-28(11-9-27)22(30)26-18-6-5-7-29(14-18)20-12-16(2)23-17(3)24-20/h12,15,18H,4-11,13-14H2,1-3H3,(H,26,30). The van der Waals surface area contributed by atoms with E-state index in [4.69, 9.17) is 0 Å². The third-order valence-electron chi connectivity index (χ3n) is 5.97. The summed E-state index contributed by atoms with van der Waals surface area (Å²) in [6.07, 6.45) is 3.05. The number of piperazine rings is 1. The molecule has 2 aromatic heterocycles. The summed E-state index contributed by atoms with van der Waals surface area (Å²) in [5.74, 6) is 1.76. The van der Waals surface area contributed by atoms with Gasteiger partial charge in [0.2, 0.25) is 0 Å². The van der Waals surface area contributed by atoms with E-state index >= 15 is 0 Å². The van der Waals surface area contributed by atoms with E-state index < -0.39 is 0 Å². The van der Waals surface area contributed by atoms with E-state index in [2.05, 4.69) is 42.4 Å². The lowest BCUT2D eigenvalue weighted by Crippen LogP contribution is -2.56. The number of amides is 2. The smallest absolute Gasteiger partial charge is 0.317 e. The molecule has 0 spiro atoms. The van der Waals surface area contributed by atoms with Crippen molar-refractivity contribution in [3.63, 3.8) is 0 Å². The maximum atomic E-state index is 12.9. The lowest BCUT2D eigenvalue weighted by molar-refractivity contribution is 0.132. The maximum Gasteiger partial charge on any atom is 0.317 e. The number of hydrogen-bond donors (Lipinski definition) is 1. The van der Waals surface area contributed by atoms with Gasteiger partial charge in [0, 0.05) is 69.0 Å². The van der Waals surface area contributed by atoms with E-state index in [0.717, 1.165) is 88.1 Å². The minimum absolute atomic E-state index is 0.0588. The first kappa shape index (κ1) is 22.0. The minimum Gasteiger partial charge on any atom is -0.354 e. The van der Waals surface area contributed by atoms with Crippen molar-refractivity contribution in [3.8, 4) is 0 Å². The van der Waals surface area contributed by atoms with Crippen LogP contribution in [0.4, 0.5) is 10.6 Å². The van der Waals surface area contributed by atoms with Crippen molar-refractivity contribution in [2.45, 2.75) is 52.6 Å². The van der Waals surface area contributed by atoms with Crippen molar-refractivity contribution in [2.75, 3.05) is 44.2 Å². The Morgan fingerprint density at radius 2 is 1.97 bits per heavy atom. The number of aromatic nitrogens is 3. The summed E-state index contributed by atoms with van der Waals surface area (Å²) in [4.78, 5) is 33.1. The molecule has 0 aliphatic carbocycles. The first-order valence-electron chi connectivity index (χ1n) is 11.3. The zero-order chi connectivity index (χ0) is 21.8. The third-order valence-corrected chi connectivity index (χ3v) is 7.01. The molecule has 2 aromatic rings. The second-order valence-corrected chi connectivity index (χ2v) is 9.44. The van der Waals surface area contributed by atoms with Crippen LogP contribution in [-0.4, -0.2) is 76.1 Å². The van der Waals surface area contributed by atoms with Crippen LogP contribution >= 0.6 is 11.3 Å². The van der Waals surface area contributed by atoms with Gasteiger partial charge < -0.3 is 15.1 Å². The van der Waals surface area contributed by atoms with Crippen molar-refractivity contribution in [2.24, 2.45) is 0 Å². The number of rotatable bonds is 5. The van der Waals surface area contributed by atoms with Gasteiger partial charge in [-0.15, -0.1) is 11.3 Å². The Hall–Kier alpha value is -2.26. The summed E-state index contributed by atoms with van der Waals surface area (Å²) < 4.78 is 0.